The van der Waals surface area contributed by atoms with Crippen LogP contribution in [-0.4, -0.2) is 117 Å². The fourth-order valence-corrected chi connectivity index (χ4v) is 4.79. The maximum atomic E-state index is 3.61. The fraction of sp³-hybridized carbons (Fsp3) is 0.812. The molecule has 0 bridgehead atoms. The smallest absolute Gasteiger partial charge is 0.0234 e. The summed E-state index contributed by atoms with van der Waals surface area (Å²) in [4.78, 5) is 2.61. The topological polar surface area (TPSA) is 87.5 Å². The molecule has 1 heterocycles. The number of rotatable bonds is 15. The highest BCUT2D eigenvalue weighted by Crippen LogP contribution is 2.17. The molecule has 0 aromatic rings. The van der Waals surface area contributed by atoms with E-state index in [4.69, 9.17) is 0 Å². The zero-order valence-corrected chi connectivity index (χ0v) is 26.5. The molecule has 1 aliphatic heterocycles. The largest absolute Gasteiger partial charge is 0.320 e. The van der Waals surface area contributed by atoms with Gasteiger partial charge in [-0.2, -0.15) is 0 Å². The molecule has 8 nitrogen and oxygen atoms in total. The third-order valence-electron chi connectivity index (χ3n) is 7.13. The van der Waals surface area contributed by atoms with Gasteiger partial charge in [-0.1, -0.05) is 43.2 Å². The molecule has 2 rings (SSSR count). The number of hydrogen-bond donors (Lipinski definition) is 7. The van der Waals surface area contributed by atoms with Gasteiger partial charge in [-0.25, -0.2) is 0 Å². The highest BCUT2D eigenvalue weighted by Gasteiger charge is 2.08. The molecule has 0 radical (unpaired) electrons. The molecule has 40 heavy (non-hydrogen) atoms. The Bertz CT molecular complexity index is 608. The first-order valence-corrected chi connectivity index (χ1v) is 16.4. The van der Waals surface area contributed by atoms with Crippen LogP contribution in [0.25, 0.3) is 0 Å². The van der Waals surface area contributed by atoms with Crippen molar-refractivity contribution in [3.8, 4) is 0 Å². The van der Waals surface area contributed by atoms with Gasteiger partial charge in [-0.3, -0.25) is 4.90 Å². The van der Waals surface area contributed by atoms with Gasteiger partial charge in [0.05, 0.1) is 0 Å². The van der Waals surface area contributed by atoms with Gasteiger partial charge in [0.2, 0.25) is 0 Å². The Labute approximate surface area is 248 Å². The summed E-state index contributed by atoms with van der Waals surface area (Å²) in [6.07, 6.45) is 19.2. The van der Waals surface area contributed by atoms with Crippen molar-refractivity contribution in [2.45, 2.75) is 58.3 Å². The number of nitrogens with one attached hydrogen (secondary N) is 7. The van der Waals surface area contributed by atoms with Crippen LogP contribution in [0.15, 0.2) is 35.5 Å². The molecule has 234 valence electrons. The lowest BCUT2D eigenvalue weighted by molar-refractivity contribution is 0.290. The van der Waals surface area contributed by atoms with E-state index < -0.39 is 0 Å². The summed E-state index contributed by atoms with van der Waals surface area (Å²) in [6, 6.07) is 0. The molecule has 0 atom stereocenters. The fourth-order valence-electron chi connectivity index (χ4n) is 4.79. The highest BCUT2D eigenvalue weighted by molar-refractivity contribution is 5.29. The minimum absolute atomic E-state index is 1.07. The Morgan fingerprint density at radius 1 is 0.725 bits per heavy atom. The van der Waals surface area contributed by atoms with Crippen LogP contribution in [0.5, 0.6) is 0 Å². The molecule has 2 aliphatic rings. The van der Waals surface area contributed by atoms with Gasteiger partial charge < -0.3 is 37.2 Å². The van der Waals surface area contributed by atoms with E-state index in [0.717, 1.165) is 91.6 Å². The lowest BCUT2D eigenvalue weighted by atomic mass is 10.0. The first kappa shape index (κ1) is 36.9. The van der Waals surface area contributed by atoms with Crippen molar-refractivity contribution >= 4 is 0 Å². The summed E-state index contributed by atoms with van der Waals surface area (Å²) in [5.41, 5.74) is 3.06. The van der Waals surface area contributed by atoms with E-state index >= 15 is 0 Å². The summed E-state index contributed by atoms with van der Waals surface area (Å²) in [7, 11) is 3.98. The highest BCUT2D eigenvalue weighted by atomic mass is 15.1. The average Bonchev–Trinajstić information content (AvgIpc) is 2.95. The maximum absolute atomic E-state index is 3.61. The van der Waals surface area contributed by atoms with E-state index in [9.17, 15) is 0 Å². The second kappa shape index (κ2) is 29.4. The number of allylic oxidation sites excluding steroid dienone is 4. The van der Waals surface area contributed by atoms with Crippen LogP contribution in [-0.2, 0) is 0 Å². The first-order valence-electron chi connectivity index (χ1n) is 16.4. The molecular weight excluding hydrogens is 496 g/mol. The molecule has 1 fully saturated rings. The van der Waals surface area contributed by atoms with E-state index in [1.165, 1.54) is 63.5 Å². The molecular formula is C32H66N8. The zero-order valence-electron chi connectivity index (χ0n) is 26.5. The molecule has 0 spiro atoms. The molecule has 8 heteroatoms. The monoisotopic (exact) mass is 563 g/mol. The van der Waals surface area contributed by atoms with Gasteiger partial charge in [0, 0.05) is 45.8 Å². The molecule has 0 aromatic heterocycles. The van der Waals surface area contributed by atoms with Gasteiger partial charge in [-0.05, 0) is 117 Å². The minimum atomic E-state index is 1.07. The van der Waals surface area contributed by atoms with Crippen molar-refractivity contribution in [2.75, 3.05) is 112 Å². The third kappa shape index (κ3) is 23.6. The van der Waals surface area contributed by atoms with E-state index in [-0.39, 0.29) is 0 Å². The molecule has 1 aliphatic carbocycles. The Morgan fingerprint density at radius 2 is 1.38 bits per heavy atom. The van der Waals surface area contributed by atoms with Gasteiger partial charge in [0.15, 0.2) is 0 Å². The van der Waals surface area contributed by atoms with E-state index in [0.29, 0.717) is 0 Å². The van der Waals surface area contributed by atoms with Crippen LogP contribution in [0.1, 0.15) is 58.3 Å². The second-order valence-electron chi connectivity index (χ2n) is 10.9. The van der Waals surface area contributed by atoms with Crippen LogP contribution < -0.4 is 37.2 Å². The van der Waals surface area contributed by atoms with Gasteiger partial charge in [0.1, 0.15) is 0 Å². The molecule has 0 amide bonds. The van der Waals surface area contributed by atoms with Crippen LogP contribution in [0.4, 0.5) is 0 Å². The predicted octanol–water partition coefficient (Wildman–Crippen LogP) is 2.24. The van der Waals surface area contributed by atoms with Crippen molar-refractivity contribution in [2.24, 2.45) is 0 Å². The Balaban J connectivity index is 0.000000486. The van der Waals surface area contributed by atoms with Crippen molar-refractivity contribution in [1.29, 1.82) is 0 Å². The number of nitrogens with zero attached hydrogens (tertiary/aromatic N) is 1. The lowest BCUT2D eigenvalue weighted by Gasteiger charge is -2.24. The molecule has 7 N–H and O–H groups in total. The van der Waals surface area contributed by atoms with Gasteiger partial charge in [-0.15, -0.1) is 0 Å². The normalized spacial score (nSPS) is 21.1. The molecule has 0 unspecified atom stereocenters. The number of hydrogen-bond acceptors (Lipinski definition) is 8. The standard InChI is InChI=1S/C22H40N4.C10H26N4/c1-2-7-21-8-3-4-9-22(11-10-21)20-26-18-6-14-24-16-15-23-12-5-13-25-17-19-26;1-11-5-3-7-13-9-10-14-8-4-6-12-2/h4,9-11,23-25H,2-3,5-8,12-20H2,1H3;11-14H,3-10H2,1-2H3/b9-4?,21-10-,22-11+;. The SMILES string of the molecule is CCC/C1=C/C=C(/CN2CCCNCCNCCCNCC2)C=CCC1.CNCCCNCCNCCCNC. The summed E-state index contributed by atoms with van der Waals surface area (Å²) >= 11 is 0. The Kier molecular flexibility index (Phi) is 27.1. The summed E-state index contributed by atoms with van der Waals surface area (Å²) in [6.45, 7) is 18.8. The van der Waals surface area contributed by atoms with Crippen molar-refractivity contribution < 1.29 is 0 Å². The van der Waals surface area contributed by atoms with E-state index in [2.05, 4.69) is 73.3 Å². The average molecular weight is 563 g/mol. The Morgan fingerprint density at radius 3 is 2.02 bits per heavy atom. The van der Waals surface area contributed by atoms with E-state index in [1.54, 1.807) is 5.57 Å². The zero-order chi connectivity index (χ0) is 28.8. The van der Waals surface area contributed by atoms with Crippen molar-refractivity contribution in [3.63, 3.8) is 0 Å². The summed E-state index contributed by atoms with van der Waals surface area (Å²) in [5.74, 6) is 0. The summed E-state index contributed by atoms with van der Waals surface area (Å²) in [5, 5.41) is 23.7. The second-order valence-corrected chi connectivity index (χ2v) is 10.9. The van der Waals surface area contributed by atoms with Crippen molar-refractivity contribution in [1.82, 2.24) is 42.1 Å². The van der Waals surface area contributed by atoms with Crippen molar-refractivity contribution in [3.05, 3.63) is 35.5 Å². The quantitative estimate of drug-likeness (QED) is 0.153. The minimum Gasteiger partial charge on any atom is -0.320 e. The van der Waals surface area contributed by atoms with Gasteiger partial charge >= 0.3 is 0 Å². The predicted molar refractivity (Wildman–Crippen MR) is 177 cm³/mol. The van der Waals surface area contributed by atoms with Gasteiger partial charge in [0.25, 0.3) is 0 Å². The maximum Gasteiger partial charge on any atom is 0.0234 e. The summed E-state index contributed by atoms with van der Waals surface area (Å²) < 4.78 is 0. The van der Waals surface area contributed by atoms with Crippen LogP contribution in [0, 0.1) is 0 Å². The molecule has 0 saturated carbocycles. The van der Waals surface area contributed by atoms with Crippen LogP contribution in [0.2, 0.25) is 0 Å². The lowest BCUT2D eigenvalue weighted by Crippen LogP contribution is -2.37. The van der Waals surface area contributed by atoms with E-state index in [1.807, 2.05) is 14.1 Å². The molecule has 1 saturated heterocycles. The van der Waals surface area contributed by atoms with Crippen LogP contribution in [0.3, 0.4) is 0 Å². The Hall–Kier alpha value is -1.10. The first-order chi connectivity index (χ1) is 19.8. The van der Waals surface area contributed by atoms with Crippen LogP contribution >= 0.6 is 0 Å². The molecule has 0 aromatic carbocycles. The third-order valence-corrected chi connectivity index (χ3v) is 7.13.